The first kappa shape index (κ1) is 26.0. The molecule has 2 aromatic rings. The molecule has 2 unspecified atom stereocenters. The number of carbonyl (C=O) groups is 2. The molecule has 162 valence electrons. The topological polar surface area (TPSA) is 76.1 Å². The highest BCUT2D eigenvalue weighted by atomic mass is 127. The molecule has 6 nitrogen and oxygen atoms in total. The Morgan fingerprint density at radius 2 is 1.63 bits per heavy atom. The van der Waals surface area contributed by atoms with Gasteiger partial charge in [-0.05, 0) is 77.4 Å². The van der Waals surface area contributed by atoms with Crippen LogP contribution in [0.5, 0.6) is 17.2 Å². The van der Waals surface area contributed by atoms with E-state index in [4.69, 9.17) is 9.47 Å². The van der Waals surface area contributed by atoms with E-state index in [9.17, 15) is 14.7 Å². The van der Waals surface area contributed by atoms with Crippen LogP contribution in [-0.2, 0) is 14.3 Å². The molecular formula is C20H21I3NO5P. The van der Waals surface area contributed by atoms with Gasteiger partial charge in [0.25, 0.3) is 0 Å². The van der Waals surface area contributed by atoms with Gasteiger partial charge in [-0.3, -0.25) is 4.79 Å². The minimum absolute atomic E-state index is 0.00492. The van der Waals surface area contributed by atoms with E-state index in [0.717, 1.165) is 11.7 Å². The predicted octanol–water partition coefficient (Wildman–Crippen LogP) is 5.84. The van der Waals surface area contributed by atoms with E-state index >= 15 is 0 Å². The quantitative estimate of drug-likeness (QED) is 0.0819. The van der Waals surface area contributed by atoms with E-state index in [-0.39, 0.29) is 11.5 Å². The number of aromatic hydroxyl groups is 1. The number of esters is 1. The van der Waals surface area contributed by atoms with Crippen molar-refractivity contribution in [1.82, 2.24) is 1.33 Å². The zero-order chi connectivity index (χ0) is 22.3. The highest BCUT2D eigenvalue weighted by Gasteiger charge is 2.52. The van der Waals surface area contributed by atoms with Crippen LogP contribution < -0.4 is 4.74 Å². The first-order chi connectivity index (χ1) is 14.2. The van der Waals surface area contributed by atoms with Crippen molar-refractivity contribution in [3.8, 4) is 17.2 Å². The Morgan fingerprint density at radius 3 is 2.10 bits per heavy atom. The van der Waals surface area contributed by atoms with Crippen molar-refractivity contribution in [3.63, 3.8) is 0 Å². The van der Waals surface area contributed by atoms with Gasteiger partial charge in [-0.2, -0.15) is 1.33 Å². The fourth-order valence-electron chi connectivity index (χ4n) is 2.82. The fraction of sp³-hybridized carbons (Fsp3) is 0.300. The molecule has 10 heteroatoms. The van der Waals surface area contributed by atoms with Gasteiger partial charge in [-0.15, -0.1) is 8.58 Å². The Balaban J connectivity index is 2.39. The Kier molecular flexibility index (Phi) is 10.5. The van der Waals surface area contributed by atoms with Crippen molar-refractivity contribution < 1.29 is 24.2 Å². The predicted molar refractivity (Wildman–Crippen MR) is 145 cm³/mol. The van der Waals surface area contributed by atoms with Gasteiger partial charge in [-0.1, -0.05) is 12.1 Å². The Labute approximate surface area is 219 Å². The number of nitrogens with zero attached hydrogens (tertiary/aromatic N) is 1. The van der Waals surface area contributed by atoms with Crippen LogP contribution in [0.4, 0.5) is 0 Å². The van der Waals surface area contributed by atoms with Gasteiger partial charge in [0.05, 0.1) is 13.0 Å². The highest BCUT2D eigenvalue weighted by molar-refractivity contribution is 14.2. The summed E-state index contributed by atoms with van der Waals surface area (Å²) in [7, 11) is 1.99. The molecule has 0 saturated carbocycles. The van der Waals surface area contributed by atoms with Crippen molar-refractivity contribution in [2.24, 2.45) is 0 Å². The van der Waals surface area contributed by atoms with Crippen molar-refractivity contribution in [2.75, 3.05) is 19.9 Å². The Bertz CT molecular complexity index is 864. The summed E-state index contributed by atoms with van der Waals surface area (Å²) in [5, 5.41) is 9.39. The maximum Gasteiger partial charge on any atom is 0.339 e. The zero-order valence-corrected chi connectivity index (χ0v) is 23.7. The van der Waals surface area contributed by atoms with Crippen LogP contribution >= 0.6 is 76.9 Å². The van der Waals surface area contributed by atoms with Gasteiger partial charge < -0.3 is 14.6 Å². The van der Waals surface area contributed by atoms with E-state index < -0.39 is 15.4 Å². The molecule has 0 aliphatic carbocycles. The van der Waals surface area contributed by atoms with Crippen LogP contribution in [-0.4, -0.2) is 41.7 Å². The average molecular weight is 767 g/mol. The summed E-state index contributed by atoms with van der Waals surface area (Å²) in [6.07, 6.45) is 1.18. The molecule has 0 radical (unpaired) electrons. The number of phenols is 1. The Hall–Kier alpha value is -0.240. The zero-order valence-electron chi connectivity index (χ0n) is 16.3. The lowest BCUT2D eigenvalue weighted by molar-refractivity contribution is -0.146. The second-order valence-corrected chi connectivity index (χ2v) is 12.9. The van der Waals surface area contributed by atoms with Crippen LogP contribution in [0.1, 0.15) is 17.9 Å². The molecular weight excluding hydrogens is 746 g/mol. The molecule has 0 saturated heterocycles. The maximum absolute atomic E-state index is 13.2. The molecule has 2 rings (SSSR count). The number of hydrogen-bond acceptors (Lipinski definition) is 6. The molecule has 0 amide bonds. The van der Waals surface area contributed by atoms with E-state index in [2.05, 4.69) is 6.66 Å². The molecule has 0 aliphatic heterocycles. The molecule has 0 aliphatic rings. The van der Waals surface area contributed by atoms with Gasteiger partial charge in [0.1, 0.15) is 23.0 Å². The van der Waals surface area contributed by atoms with Crippen LogP contribution in [0.2, 0.25) is 0 Å². The summed E-state index contributed by atoms with van der Waals surface area (Å²) in [6.45, 7) is 2.05. The van der Waals surface area contributed by atoms with E-state index in [0.29, 0.717) is 26.5 Å². The number of rotatable bonds is 10. The van der Waals surface area contributed by atoms with E-state index in [1.54, 1.807) is 49.9 Å². The van der Waals surface area contributed by atoms with Gasteiger partial charge in [0.15, 0.2) is 0 Å². The first-order valence-corrected chi connectivity index (χ1v) is 13.6. The van der Waals surface area contributed by atoms with Crippen LogP contribution in [0, 0.1) is 0 Å². The van der Waals surface area contributed by atoms with Gasteiger partial charge in [0, 0.05) is 52.1 Å². The lowest BCUT2D eigenvalue weighted by Gasteiger charge is -2.35. The summed E-state index contributed by atoms with van der Waals surface area (Å²) in [4.78, 5) is 25.9. The second kappa shape index (κ2) is 12.1. The first-order valence-electron chi connectivity index (χ1n) is 8.87. The minimum Gasteiger partial charge on any atom is -0.508 e. The lowest BCUT2D eigenvalue weighted by atomic mass is 9.86. The third kappa shape index (κ3) is 6.39. The molecule has 1 N–H and O–H groups in total. The third-order valence-corrected chi connectivity index (χ3v) is 9.99. The van der Waals surface area contributed by atoms with Crippen LogP contribution in [0.15, 0.2) is 48.5 Å². The number of ketones is 1. The number of carbonyl (C=O) groups excluding carboxylic acids is 2. The smallest absolute Gasteiger partial charge is 0.339 e. The van der Waals surface area contributed by atoms with Gasteiger partial charge in [-0.25, -0.2) is 4.79 Å². The van der Waals surface area contributed by atoms with Gasteiger partial charge in [0.2, 0.25) is 3.55 Å². The standard InChI is InChI=1S/C20H21I3NO5P/c1-28-19(27)20(21,24(22)23)18(17(26)11-12-30-2)13-3-7-15(8-4-13)29-16-9-5-14(25)6-10-16/h3-10,18,25,30H,11-12H2,1-2H3/t18?,20-/m0/s1. The number of methoxy groups -OCH3 is 1. The number of hydrogen-bond donors (Lipinski definition) is 1. The molecule has 2 aromatic carbocycles. The van der Waals surface area contributed by atoms with Gasteiger partial charge >= 0.3 is 5.97 Å². The number of ether oxygens (including phenoxy) is 2. The molecule has 3 atom stereocenters. The highest BCUT2D eigenvalue weighted by Crippen LogP contribution is 2.46. The molecule has 0 aromatic heterocycles. The van der Waals surface area contributed by atoms with E-state index in [1.165, 1.54) is 7.11 Å². The SMILES string of the molecule is COC(=O)[C@](I)(C(C(=O)CCPC)c1ccc(Oc2ccc(O)cc2)cc1)N(I)I. The number of phenolic OH excluding ortho intramolecular Hbond substituents is 1. The third-order valence-electron chi connectivity index (χ3n) is 4.33. The second-order valence-electron chi connectivity index (χ2n) is 6.32. The number of Topliss-reactive ketones (excluding diaryl/α,β-unsaturated/α-hetero) is 1. The molecule has 30 heavy (non-hydrogen) atoms. The van der Waals surface area contributed by atoms with Crippen LogP contribution in [0.3, 0.4) is 0 Å². The molecule has 0 heterocycles. The summed E-state index contributed by atoms with van der Waals surface area (Å²) >= 11 is 6.04. The van der Waals surface area contributed by atoms with Crippen LogP contribution in [0.25, 0.3) is 0 Å². The monoisotopic (exact) mass is 767 g/mol. The molecule has 0 fully saturated rings. The minimum atomic E-state index is -1.19. The van der Waals surface area contributed by atoms with Crippen molar-refractivity contribution >= 4 is 88.7 Å². The van der Waals surface area contributed by atoms with Crippen molar-refractivity contribution in [1.29, 1.82) is 0 Å². The van der Waals surface area contributed by atoms with E-state index in [1.807, 2.05) is 68.3 Å². The molecule has 0 bridgehead atoms. The summed E-state index contributed by atoms with van der Waals surface area (Å²) in [5.74, 6) is 0.154. The maximum atomic E-state index is 13.2. The normalized spacial score (nSPS) is 14.5. The lowest BCUT2D eigenvalue weighted by Crippen LogP contribution is -2.49. The number of halogens is 3. The fourth-order valence-corrected chi connectivity index (χ4v) is 5.19. The molecule has 0 spiro atoms. The largest absolute Gasteiger partial charge is 0.508 e. The Morgan fingerprint density at radius 1 is 1.10 bits per heavy atom. The summed E-state index contributed by atoms with van der Waals surface area (Å²) < 4.78 is 11.3. The summed E-state index contributed by atoms with van der Waals surface area (Å²) in [5.41, 5.74) is 0.718. The average Bonchev–Trinajstić information content (AvgIpc) is 2.74. The van der Waals surface area contributed by atoms with Crippen molar-refractivity contribution in [3.05, 3.63) is 54.1 Å². The van der Waals surface area contributed by atoms with Crippen molar-refractivity contribution in [2.45, 2.75) is 15.9 Å². The number of benzene rings is 2. The summed E-state index contributed by atoms with van der Waals surface area (Å²) in [6, 6.07) is 13.6. The number of alkyl halides is 1.